The number of hydroxylamine groups is 2. The Bertz CT molecular complexity index is 920. The first-order chi connectivity index (χ1) is 14.2. The molecule has 0 unspecified atom stereocenters. The Morgan fingerprint density at radius 3 is 2.20 bits per heavy atom. The van der Waals surface area contributed by atoms with Gasteiger partial charge in [-0.05, 0) is 38.1 Å². The van der Waals surface area contributed by atoms with Crippen molar-refractivity contribution < 1.29 is 24.7 Å². The Hall–Kier alpha value is -3.59. The smallest absolute Gasteiger partial charge is 0.347 e. The third-order valence-electron chi connectivity index (χ3n) is 5.06. The first-order valence-electron chi connectivity index (χ1n) is 9.45. The minimum Gasteiger partial charge on any atom is -0.481 e. The molecule has 1 fully saturated rings. The lowest BCUT2D eigenvalue weighted by molar-refractivity contribution is -0.137. The van der Waals surface area contributed by atoms with Gasteiger partial charge in [0.25, 0.3) is 0 Å². The van der Waals surface area contributed by atoms with E-state index < -0.39 is 29.7 Å². The van der Waals surface area contributed by atoms with E-state index in [2.05, 4.69) is 5.32 Å². The average molecular weight is 412 g/mol. The van der Waals surface area contributed by atoms with Crippen LogP contribution in [0.2, 0.25) is 0 Å². The van der Waals surface area contributed by atoms with Gasteiger partial charge in [0, 0.05) is 17.9 Å². The van der Waals surface area contributed by atoms with Crippen LogP contribution in [-0.2, 0) is 4.79 Å². The minimum atomic E-state index is -1.09. The third kappa shape index (κ3) is 4.06. The molecule has 1 saturated heterocycles. The summed E-state index contributed by atoms with van der Waals surface area (Å²) in [5.74, 6) is -1.05. The van der Waals surface area contributed by atoms with Gasteiger partial charge in [0.15, 0.2) is 6.17 Å². The van der Waals surface area contributed by atoms with E-state index >= 15 is 0 Å². The number of benzene rings is 2. The van der Waals surface area contributed by atoms with Gasteiger partial charge >= 0.3 is 18.0 Å². The lowest BCUT2D eigenvalue weighted by Gasteiger charge is -2.38. The van der Waals surface area contributed by atoms with Crippen LogP contribution < -0.4 is 10.2 Å². The van der Waals surface area contributed by atoms with Crippen LogP contribution in [-0.4, -0.2) is 56.6 Å². The number of hydrogen-bond donors (Lipinski definition) is 3. The summed E-state index contributed by atoms with van der Waals surface area (Å²) in [4.78, 5) is 39.7. The molecule has 1 aliphatic heterocycles. The zero-order valence-electron chi connectivity index (χ0n) is 16.7. The molecule has 0 saturated carbocycles. The molecule has 3 rings (SSSR count). The first-order valence-corrected chi connectivity index (χ1v) is 9.45. The molecule has 9 heteroatoms. The summed E-state index contributed by atoms with van der Waals surface area (Å²) in [7, 11) is 0. The van der Waals surface area contributed by atoms with Crippen LogP contribution in [0.15, 0.2) is 60.7 Å². The third-order valence-corrected chi connectivity index (χ3v) is 5.06. The van der Waals surface area contributed by atoms with Crippen molar-refractivity contribution in [3.8, 4) is 0 Å². The van der Waals surface area contributed by atoms with Crippen LogP contribution in [0.3, 0.4) is 0 Å². The van der Waals surface area contributed by atoms with Crippen LogP contribution >= 0.6 is 0 Å². The summed E-state index contributed by atoms with van der Waals surface area (Å²) >= 11 is 0. The topological polar surface area (TPSA) is 113 Å². The molecule has 4 amide bonds. The molecular formula is C21H24N4O5. The zero-order chi connectivity index (χ0) is 21.9. The zero-order valence-corrected chi connectivity index (χ0v) is 16.7. The van der Waals surface area contributed by atoms with Gasteiger partial charge in [-0.25, -0.2) is 9.59 Å². The maximum absolute atomic E-state index is 13.2. The molecule has 1 aliphatic rings. The fourth-order valence-electron chi connectivity index (χ4n) is 3.59. The quantitative estimate of drug-likeness (QED) is 0.497. The molecule has 0 bridgehead atoms. The van der Waals surface area contributed by atoms with Gasteiger partial charge in [-0.1, -0.05) is 36.4 Å². The van der Waals surface area contributed by atoms with E-state index in [1.54, 1.807) is 74.5 Å². The van der Waals surface area contributed by atoms with Crippen LogP contribution in [0.1, 0.15) is 20.3 Å². The van der Waals surface area contributed by atoms with E-state index in [0.717, 1.165) is 0 Å². The van der Waals surface area contributed by atoms with Crippen molar-refractivity contribution in [1.82, 2.24) is 9.96 Å². The second kappa shape index (κ2) is 8.42. The molecule has 2 aromatic rings. The SMILES string of the molecule is CC1(C)[C@H](N(O)C(=O)Nc2ccccc2)N(c2ccccc2)C(=O)N1CCC(=O)O. The lowest BCUT2D eigenvalue weighted by atomic mass is 9.99. The van der Waals surface area contributed by atoms with Gasteiger partial charge in [-0.3, -0.25) is 14.9 Å². The fourth-order valence-corrected chi connectivity index (χ4v) is 3.59. The summed E-state index contributed by atoms with van der Waals surface area (Å²) in [5, 5.41) is 23.0. The highest BCUT2D eigenvalue weighted by Crippen LogP contribution is 2.37. The van der Waals surface area contributed by atoms with Crippen LogP contribution in [0, 0.1) is 0 Å². The number of nitrogens with zero attached hydrogens (tertiary/aromatic N) is 3. The number of carboxylic acids is 1. The molecule has 0 radical (unpaired) electrons. The molecule has 0 aliphatic carbocycles. The molecule has 30 heavy (non-hydrogen) atoms. The van der Waals surface area contributed by atoms with Gasteiger partial charge in [-0.2, -0.15) is 5.06 Å². The number of hydrogen-bond acceptors (Lipinski definition) is 4. The second-order valence-electron chi connectivity index (χ2n) is 7.45. The van der Waals surface area contributed by atoms with Crippen molar-refractivity contribution in [3.05, 3.63) is 60.7 Å². The Labute approximate surface area is 174 Å². The number of carbonyl (C=O) groups excluding carboxylic acids is 2. The minimum absolute atomic E-state index is 0.0604. The molecular weight excluding hydrogens is 388 g/mol. The highest BCUT2D eigenvalue weighted by Gasteiger charge is 2.55. The average Bonchev–Trinajstić information content (AvgIpc) is 2.92. The summed E-state index contributed by atoms with van der Waals surface area (Å²) in [6.07, 6.45) is -1.35. The summed E-state index contributed by atoms with van der Waals surface area (Å²) in [5.41, 5.74) is -0.117. The van der Waals surface area contributed by atoms with Crippen LogP contribution in [0.25, 0.3) is 0 Å². The van der Waals surface area contributed by atoms with Crippen molar-refractivity contribution in [2.45, 2.75) is 32.0 Å². The van der Waals surface area contributed by atoms with Crippen molar-refractivity contribution in [2.75, 3.05) is 16.8 Å². The van der Waals surface area contributed by atoms with Crippen molar-refractivity contribution >= 4 is 29.4 Å². The molecule has 158 valence electrons. The number of carbonyl (C=O) groups is 3. The van der Waals surface area contributed by atoms with Crippen LogP contribution in [0.5, 0.6) is 0 Å². The summed E-state index contributed by atoms with van der Waals surface area (Å²) in [6, 6.07) is 15.9. The van der Waals surface area contributed by atoms with Gasteiger partial charge in [0.05, 0.1) is 12.0 Å². The Balaban J connectivity index is 1.95. The molecule has 3 N–H and O–H groups in total. The van der Waals surface area contributed by atoms with Crippen molar-refractivity contribution in [3.63, 3.8) is 0 Å². The number of nitrogens with one attached hydrogen (secondary N) is 1. The van der Waals surface area contributed by atoms with Gasteiger partial charge < -0.3 is 15.3 Å². The number of aliphatic carboxylic acids is 1. The summed E-state index contributed by atoms with van der Waals surface area (Å²) in [6.45, 7) is 3.30. The number of anilines is 2. The number of urea groups is 2. The highest BCUT2D eigenvalue weighted by atomic mass is 16.5. The number of carboxylic acid groups (broad SMARTS) is 1. The van der Waals surface area contributed by atoms with Gasteiger partial charge in [-0.15, -0.1) is 0 Å². The second-order valence-corrected chi connectivity index (χ2v) is 7.45. The molecule has 0 spiro atoms. The molecule has 1 atom stereocenters. The molecule has 2 aromatic carbocycles. The van der Waals surface area contributed by atoms with Crippen molar-refractivity contribution in [2.24, 2.45) is 0 Å². The van der Waals surface area contributed by atoms with E-state index in [9.17, 15) is 19.6 Å². The van der Waals surface area contributed by atoms with E-state index in [-0.39, 0.29) is 13.0 Å². The number of amides is 4. The number of para-hydroxylation sites is 2. The highest BCUT2D eigenvalue weighted by molar-refractivity contribution is 5.98. The van der Waals surface area contributed by atoms with E-state index in [4.69, 9.17) is 5.11 Å². The maximum atomic E-state index is 13.2. The maximum Gasteiger partial charge on any atom is 0.347 e. The predicted molar refractivity (Wildman–Crippen MR) is 110 cm³/mol. The predicted octanol–water partition coefficient (Wildman–Crippen LogP) is 3.43. The lowest BCUT2D eigenvalue weighted by Crippen LogP contribution is -2.58. The largest absolute Gasteiger partial charge is 0.481 e. The Kier molecular flexibility index (Phi) is 5.93. The Morgan fingerprint density at radius 1 is 1.07 bits per heavy atom. The normalized spacial score (nSPS) is 17.7. The van der Waals surface area contributed by atoms with Gasteiger partial charge in [0.2, 0.25) is 0 Å². The molecule has 9 nitrogen and oxygen atoms in total. The molecule has 1 heterocycles. The van der Waals surface area contributed by atoms with E-state index in [0.29, 0.717) is 16.4 Å². The van der Waals surface area contributed by atoms with E-state index in [1.807, 2.05) is 0 Å². The van der Waals surface area contributed by atoms with Crippen LogP contribution in [0.4, 0.5) is 21.0 Å². The first kappa shape index (κ1) is 21.1. The van der Waals surface area contributed by atoms with Crippen molar-refractivity contribution in [1.29, 1.82) is 0 Å². The molecule has 0 aromatic heterocycles. The van der Waals surface area contributed by atoms with Gasteiger partial charge in [0.1, 0.15) is 0 Å². The monoisotopic (exact) mass is 412 g/mol. The standard InChI is InChI=1S/C21H24N4O5/c1-21(2)18(25(30)19(28)22-15-9-5-3-6-10-15)24(16-11-7-4-8-12-16)20(29)23(21)14-13-17(26)27/h3-12,18,30H,13-14H2,1-2H3,(H,22,28)(H,26,27)/t18-/m0/s1. The van der Waals surface area contributed by atoms with E-state index in [1.165, 1.54) is 9.80 Å². The fraction of sp³-hybridized carbons (Fsp3) is 0.286. The Morgan fingerprint density at radius 2 is 1.63 bits per heavy atom. The number of rotatable bonds is 6. The summed E-state index contributed by atoms with van der Waals surface area (Å²) < 4.78 is 0.